The zero-order valence-corrected chi connectivity index (χ0v) is 6.78. The summed E-state index contributed by atoms with van der Waals surface area (Å²) in [7, 11) is 0. The Balaban J connectivity index is 2.21. The molecule has 2 fully saturated rings. The number of aliphatic hydroxyl groups is 4. The zero-order chi connectivity index (χ0) is 9.59. The minimum Gasteiger partial charge on any atom is -0.387 e. The second kappa shape index (κ2) is 3.16. The Morgan fingerprint density at radius 3 is 1.62 bits per heavy atom. The first-order valence-electron chi connectivity index (χ1n) is 4.08. The molecule has 6 nitrogen and oxygen atoms in total. The van der Waals surface area contributed by atoms with Crippen molar-refractivity contribution in [2.45, 2.75) is 36.6 Å². The molecule has 4 N–H and O–H groups in total. The van der Waals surface area contributed by atoms with Gasteiger partial charge in [-0.3, -0.25) is 0 Å². The average molecular weight is 192 g/mol. The van der Waals surface area contributed by atoms with Crippen LogP contribution in [0.3, 0.4) is 0 Å². The first kappa shape index (κ1) is 9.32. The highest BCUT2D eigenvalue weighted by Gasteiger charge is 2.52. The summed E-state index contributed by atoms with van der Waals surface area (Å²) in [4.78, 5) is 0. The van der Waals surface area contributed by atoms with Crippen LogP contribution in [0.2, 0.25) is 0 Å². The van der Waals surface area contributed by atoms with Crippen molar-refractivity contribution >= 4 is 0 Å². The Labute approximate surface area is 74.3 Å². The Kier molecular flexibility index (Phi) is 2.26. The van der Waals surface area contributed by atoms with Gasteiger partial charge in [-0.25, -0.2) is 0 Å². The van der Waals surface area contributed by atoms with E-state index in [0.717, 1.165) is 0 Å². The van der Waals surface area contributed by atoms with Gasteiger partial charge < -0.3 is 29.9 Å². The van der Waals surface area contributed by atoms with Gasteiger partial charge in [-0.15, -0.1) is 0 Å². The summed E-state index contributed by atoms with van der Waals surface area (Å²) in [6.45, 7) is -0.0900. The zero-order valence-electron chi connectivity index (χ0n) is 6.78. The molecule has 1 aliphatic heterocycles. The van der Waals surface area contributed by atoms with Crippen molar-refractivity contribution in [2.75, 3.05) is 6.79 Å². The van der Waals surface area contributed by atoms with E-state index in [1.54, 1.807) is 0 Å². The predicted octanol–water partition coefficient (Wildman–Crippen LogP) is -2.81. The molecule has 0 amide bonds. The summed E-state index contributed by atoms with van der Waals surface area (Å²) in [6, 6.07) is 0. The predicted molar refractivity (Wildman–Crippen MR) is 38.6 cm³/mol. The number of hydrogen-bond donors (Lipinski definition) is 4. The quantitative estimate of drug-likeness (QED) is 0.330. The minimum absolute atomic E-state index is 0.0900. The van der Waals surface area contributed by atoms with Crippen molar-refractivity contribution in [3.63, 3.8) is 0 Å². The monoisotopic (exact) mass is 192 g/mol. The summed E-state index contributed by atoms with van der Waals surface area (Å²) >= 11 is 0. The maximum atomic E-state index is 9.47. The van der Waals surface area contributed by atoms with Gasteiger partial charge >= 0.3 is 0 Å². The number of aliphatic hydroxyl groups excluding tert-OH is 4. The summed E-state index contributed by atoms with van der Waals surface area (Å²) in [5, 5.41) is 37.5. The van der Waals surface area contributed by atoms with Crippen LogP contribution in [0.15, 0.2) is 0 Å². The van der Waals surface area contributed by atoms with Gasteiger partial charge in [-0.05, 0) is 0 Å². The molecule has 0 aromatic rings. The number of fused-ring (bicyclic) bond motifs is 2. The maximum absolute atomic E-state index is 9.47. The van der Waals surface area contributed by atoms with Gasteiger partial charge in [0, 0.05) is 0 Å². The molecule has 13 heavy (non-hydrogen) atoms. The van der Waals surface area contributed by atoms with Crippen LogP contribution in [0.5, 0.6) is 0 Å². The Morgan fingerprint density at radius 1 is 0.692 bits per heavy atom. The molecule has 2 aliphatic rings. The molecule has 2 bridgehead atoms. The number of rotatable bonds is 0. The van der Waals surface area contributed by atoms with E-state index in [1.807, 2.05) is 0 Å². The van der Waals surface area contributed by atoms with Gasteiger partial charge in [0.05, 0.1) is 0 Å². The molecule has 1 saturated heterocycles. The first-order valence-corrected chi connectivity index (χ1v) is 4.08. The first-order chi connectivity index (χ1) is 6.13. The van der Waals surface area contributed by atoms with Gasteiger partial charge in [0.1, 0.15) is 43.4 Å². The highest BCUT2D eigenvalue weighted by atomic mass is 16.7. The summed E-state index contributed by atoms with van der Waals surface area (Å²) in [6.07, 6.45) is -6.73. The van der Waals surface area contributed by atoms with Crippen molar-refractivity contribution in [2.24, 2.45) is 0 Å². The van der Waals surface area contributed by atoms with E-state index < -0.39 is 36.6 Å². The molecule has 6 heteroatoms. The largest absolute Gasteiger partial charge is 0.387 e. The average Bonchev–Trinajstić information content (AvgIpc) is 2.13. The number of hydrogen-bond acceptors (Lipinski definition) is 6. The van der Waals surface area contributed by atoms with E-state index in [1.165, 1.54) is 0 Å². The van der Waals surface area contributed by atoms with Crippen molar-refractivity contribution in [1.29, 1.82) is 0 Å². The van der Waals surface area contributed by atoms with Crippen molar-refractivity contribution in [3.8, 4) is 0 Å². The fraction of sp³-hybridized carbons (Fsp3) is 1.00. The third-order valence-electron chi connectivity index (χ3n) is 2.57. The van der Waals surface area contributed by atoms with Gasteiger partial charge in [0.15, 0.2) is 0 Å². The second-order valence-corrected chi connectivity index (χ2v) is 3.34. The molecule has 76 valence electrons. The van der Waals surface area contributed by atoms with Crippen LogP contribution in [-0.4, -0.2) is 63.8 Å². The lowest BCUT2D eigenvalue weighted by Crippen LogP contribution is -2.67. The van der Waals surface area contributed by atoms with Crippen LogP contribution < -0.4 is 0 Å². The van der Waals surface area contributed by atoms with E-state index in [0.29, 0.717) is 0 Å². The van der Waals surface area contributed by atoms with Crippen molar-refractivity contribution < 1.29 is 29.9 Å². The normalized spacial score (nSPS) is 56.3. The molecule has 2 unspecified atom stereocenters. The van der Waals surface area contributed by atoms with Crippen LogP contribution in [0.25, 0.3) is 0 Å². The highest BCUT2D eigenvalue weighted by Crippen LogP contribution is 2.29. The molecule has 2 rings (SSSR count). The summed E-state index contributed by atoms with van der Waals surface area (Å²) in [5.74, 6) is 0. The van der Waals surface area contributed by atoms with E-state index in [2.05, 4.69) is 0 Å². The van der Waals surface area contributed by atoms with Gasteiger partial charge in [-0.2, -0.15) is 0 Å². The lowest BCUT2D eigenvalue weighted by molar-refractivity contribution is -0.317. The maximum Gasteiger partial charge on any atom is 0.148 e. The Hall–Kier alpha value is -0.240. The molecule has 1 heterocycles. The smallest absolute Gasteiger partial charge is 0.148 e. The van der Waals surface area contributed by atoms with Gasteiger partial charge in [0.25, 0.3) is 0 Å². The standard InChI is InChI=1S/C7H12O6/c8-2-3(9)6-5(11)7(4(2)10)13-1-12-6/h2-11H,1H2/t2?,3-,4+,5?,6+,7-. The SMILES string of the molecule is OC1[C@@H](O)[C@@H]2OCO[C@@H](C2O)[C@H]1O. The molecule has 0 spiro atoms. The molecule has 0 radical (unpaired) electrons. The van der Waals surface area contributed by atoms with Crippen LogP contribution in [0.4, 0.5) is 0 Å². The molecule has 0 aromatic heterocycles. The van der Waals surface area contributed by atoms with Crippen molar-refractivity contribution in [3.05, 3.63) is 0 Å². The fourth-order valence-corrected chi connectivity index (χ4v) is 1.77. The molecule has 1 saturated carbocycles. The minimum atomic E-state index is -1.33. The Morgan fingerprint density at radius 2 is 1.15 bits per heavy atom. The van der Waals surface area contributed by atoms with E-state index in [-0.39, 0.29) is 6.79 Å². The molecular formula is C7H12O6. The molecular weight excluding hydrogens is 180 g/mol. The van der Waals surface area contributed by atoms with Crippen LogP contribution in [0, 0.1) is 0 Å². The summed E-state index contributed by atoms with van der Waals surface area (Å²) in [5.41, 5.74) is 0. The lowest BCUT2D eigenvalue weighted by Gasteiger charge is -2.46. The lowest BCUT2D eigenvalue weighted by atomic mass is 9.84. The molecule has 1 aliphatic carbocycles. The van der Waals surface area contributed by atoms with Gasteiger partial charge in [0.2, 0.25) is 0 Å². The summed E-state index contributed by atoms with van der Waals surface area (Å²) < 4.78 is 9.80. The van der Waals surface area contributed by atoms with Crippen LogP contribution >= 0.6 is 0 Å². The van der Waals surface area contributed by atoms with Gasteiger partial charge in [-0.1, -0.05) is 0 Å². The van der Waals surface area contributed by atoms with Crippen LogP contribution in [0.1, 0.15) is 0 Å². The van der Waals surface area contributed by atoms with E-state index >= 15 is 0 Å². The van der Waals surface area contributed by atoms with Crippen molar-refractivity contribution in [1.82, 2.24) is 0 Å². The number of ether oxygens (including phenoxy) is 2. The third-order valence-corrected chi connectivity index (χ3v) is 2.57. The highest BCUT2D eigenvalue weighted by molar-refractivity contribution is 5.01. The third kappa shape index (κ3) is 1.26. The molecule has 0 aromatic carbocycles. The topological polar surface area (TPSA) is 99.4 Å². The van der Waals surface area contributed by atoms with Crippen LogP contribution in [-0.2, 0) is 9.47 Å². The fourth-order valence-electron chi connectivity index (χ4n) is 1.77. The molecule has 6 atom stereocenters. The Bertz CT molecular complexity index is 171. The van der Waals surface area contributed by atoms with E-state index in [4.69, 9.17) is 9.47 Å². The van der Waals surface area contributed by atoms with E-state index in [9.17, 15) is 20.4 Å². The second-order valence-electron chi connectivity index (χ2n) is 3.34.